The van der Waals surface area contributed by atoms with Crippen molar-refractivity contribution in [3.8, 4) is 17.2 Å². The average molecular weight is 478 g/mol. The van der Waals surface area contributed by atoms with Crippen molar-refractivity contribution in [3.63, 3.8) is 0 Å². The van der Waals surface area contributed by atoms with E-state index in [1.807, 2.05) is 36.4 Å². The summed E-state index contributed by atoms with van der Waals surface area (Å²) in [6.45, 7) is 1.24. The van der Waals surface area contributed by atoms with Crippen molar-refractivity contribution in [1.82, 2.24) is 5.32 Å². The van der Waals surface area contributed by atoms with Crippen LogP contribution in [0.15, 0.2) is 66.7 Å². The van der Waals surface area contributed by atoms with Gasteiger partial charge in [-0.1, -0.05) is 36.4 Å². The monoisotopic (exact) mass is 477 g/mol. The molecule has 35 heavy (non-hydrogen) atoms. The van der Waals surface area contributed by atoms with Crippen molar-refractivity contribution in [2.24, 2.45) is 0 Å². The van der Waals surface area contributed by atoms with Gasteiger partial charge < -0.3 is 24.8 Å². The largest absolute Gasteiger partial charge is 0.493 e. The van der Waals surface area contributed by atoms with Crippen molar-refractivity contribution in [2.45, 2.75) is 13.1 Å². The fraction of sp³-hybridized carbons (Fsp3) is 0.192. The van der Waals surface area contributed by atoms with Crippen molar-refractivity contribution in [1.29, 1.82) is 0 Å². The van der Waals surface area contributed by atoms with E-state index < -0.39 is 10.8 Å². The van der Waals surface area contributed by atoms with Crippen LogP contribution in [0.4, 0.5) is 11.4 Å². The molecule has 0 bridgehead atoms. The number of hydrogen-bond acceptors (Lipinski definition) is 7. The average Bonchev–Trinajstić information content (AvgIpc) is 2.87. The van der Waals surface area contributed by atoms with Crippen LogP contribution in [0.3, 0.4) is 0 Å². The zero-order valence-electron chi connectivity index (χ0n) is 19.7. The molecule has 1 amide bonds. The minimum absolute atomic E-state index is 0.153. The summed E-state index contributed by atoms with van der Waals surface area (Å²) >= 11 is 0. The summed E-state index contributed by atoms with van der Waals surface area (Å²) in [7, 11) is 4.73. The Balaban J connectivity index is 1.55. The number of amides is 1. The van der Waals surface area contributed by atoms with E-state index >= 15 is 0 Å². The topological polar surface area (TPSA) is 112 Å². The normalized spacial score (nSPS) is 10.7. The minimum Gasteiger partial charge on any atom is -0.493 e. The number of benzene rings is 3. The third-order valence-electron chi connectivity index (χ3n) is 5.15. The molecule has 0 unspecified atom stereocenters. The smallest absolute Gasteiger partial charge is 0.292 e. The Labute approximate surface area is 203 Å². The lowest BCUT2D eigenvalue weighted by Crippen LogP contribution is -2.13. The van der Waals surface area contributed by atoms with Gasteiger partial charge in [0.2, 0.25) is 11.7 Å². The number of nitro groups is 1. The number of nitrogens with zero attached hydrogens (tertiary/aromatic N) is 1. The van der Waals surface area contributed by atoms with E-state index in [1.165, 1.54) is 18.2 Å². The second-order valence-corrected chi connectivity index (χ2v) is 7.48. The Morgan fingerprint density at radius 1 is 0.914 bits per heavy atom. The van der Waals surface area contributed by atoms with Gasteiger partial charge in [-0.05, 0) is 41.0 Å². The third kappa shape index (κ3) is 6.81. The van der Waals surface area contributed by atoms with Crippen LogP contribution in [0.5, 0.6) is 17.2 Å². The van der Waals surface area contributed by atoms with E-state index in [0.29, 0.717) is 30.3 Å². The van der Waals surface area contributed by atoms with E-state index in [-0.39, 0.29) is 11.4 Å². The lowest BCUT2D eigenvalue weighted by atomic mass is 10.1. The summed E-state index contributed by atoms with van der Waals surface area (Å²) < 4.78 is 16.1. The number of carbonyl (C=O) groups is 1. The maximum atomic E-state index is 12.2. The van der Waals surface area contributed by atoms with E-state index in [0.717, 1.165) is 16.7 Å². The van der Waals surface area contributed by atoms with Gasteiger partial charge in [0.15, 0.2) is 11.5 Å². The lowest BCUT2D eigenvalue weighted by molar-refractivity contribution is -0.383. The molecule has 3 aromatic rings. The van der Waals surface area contributed by atoms with Gasteiger partial charge in [-0.3, -0.25) is 14.9 Å². The molecule has 0 saturated heterocycles. The minimum atomic E-state index is -0.534. The number of methoxy groups -OCH3 is 3. The highest BCUT2D eigenvalue weighted by Gasteiger charge is 2.14. The molecule has 0 radical (unpaired) electrons. The zero-order chi connectivity index (χ0) is 25.2. The van der Waals surface area contributed by atoms with E-state index in [9.17, 15) is 14.9 Å². The Hall–Kier alpha value is -4.37. The highest BCUT2D eigenvalue weighted by molar-refractivity contribution is 6.03. The van der Waals surface area contributed by atoms with Crippen LogP contribution in [0.2, 0.25) is 0 Å². The summed E-state index contributed by atoms with van der Waals surface area (Å²) in [4.78, 5) is 22.7. The van der Waals surface area contributed by atoms with Gasteiger partial charge in [0, 0.05) is 25.2 Å². The Morgan fingerprint density at radius 2 is 1.54 bits per heavy atom. The number of anilines is 1. The number of para-hydroxylation sites is 2. The summed E-state index contributed by atoms with van der Waals surface area (Å²) in [6.07, 6.45) is 2.99. The van der Waals surface area contributed by atoms with Crippen molar-refractivity contribution < 1.29 is 23.9 Å². The zero-order valence-corrected chi connectivity index (χ0v) is 19.7. The van der Waals surface area contributed by atoms with Crippen molar-refractivity contribution >= 4 is 23.4 Å². The van der Waals surface area contributed by atoms with Gasteiger partial charge >= 0.3 is 0 Å². The van der Waals surface area contributed by atoms with Crippen LogP contribution >= 0.6 is 0 Å². The molecule has 9 heteroatoms. The fourth-order valence-corrected chi connectivity index (χ4v) is 3.42. The van der Waals surface area contributed by atoms with E-state index in [2.05, 4.69) is 10.6 Å². The van der Waals surface area contributed by atoms with Crippen LogP contribution in [-0.4, -0.2) is 32.2 Å². The molecule has 2 N–H and O–H groups in total. The molecule has 0 aromatic heterocycles. The van der Waals surface area contributed by atoms with Crippen LogP contribution in [0.1, 0.15) is 16.7 Å². The number of ether oxygens (including phenoxy) is 3. The van der Waals surface area contributed by atoms with Gasteiger partial charge in [0.25, 0.3) is 5.69 Å². The predicted molar refractivity (Wildman–Crippen MR) is 134 cm³/mol. The first-order chi connectivity index (χ1) is 16.9. The standard InChI is InChI=1S/C26H27N3O6/c1-33-23-14-20(15-24(34-2)26(23)35-3)17-27-16-19-10-8-18(9-11-19)12-13-25(30)28-21-6-4-5-7-22(21)29(31)32/h4-15,27H,16-17H2,1-3H3,(H,28,30). The number of nitro benzene ring substituents is 1. The molecule has 182 valence electrons. The first-order valence-electron chi connectivity index (χ1n) is 10.8. The Bertz CT molecular complexity index is 1180. The maximum Gasteiger partial charge on any atom is 0.292 e. The highest BCUT2D eigenvalue weighted by Crippen LogP contribution is 2.38. The second-order valence-electron chi connectivity index (χ2n) is 7.48. The third-order valence-corrected chi connectivity index (χ3v) is 5.15. The van der Waals surface area contributed by atoms with Crippen molar-refractivity contribution in [2.75, 3.05) is 26.6 Å². The van der Waals surface area contributed by atoms with Crippen LogP contribution in [0.25, 0.3) is 6.08 Å². The number of rotatable bonds is 11. The summed E-state index contributed by atoms with van der Waals surface area (Å²) in [6, 6.07) is 17.5. The maximum absolute atomic E-state index is 12.2. The van der Waals surface area contributed by atoms with Gasteiger partial charge in [0.1, 0.15) is 5.69 Å². The summed E-state index contributed by atoms with van der Waals surface area (Å²) in [5, 5.41) is 17.0. The molecule has 0 fully saturated rings. The van der Waals surface area contributed by atoms with E-state index in [1.54, 1.807) is 39.5 Å². The van der Waals surface area contributed by atoms with Crippen molar-refractivity contribution in [3.05, 3.63) is 93.5 Å². The lowest BCUT2D eigenvalue weighted by Gasteiger charge is -2.14. The van der Waals surface area contributed by atoms with Gasteiger partial charge in [0.05, 0.1) is 26.3 Å². The summed E-state index contributed by atoms with van der Waals surface area (Å²) in [5.74, 6) is 1.31. The molecule has 0 spiro atoms. The molecule has 0 aliphatic heterocycles. The number of nitrogens with one attached hydrogen (secondary N) is 2. The second kappa shape index (κ2) is 12.2. The van der Waals surface area contributed by atoms with Gasteiger partial charge in [-0.15, -0.1) is 0 Å². The summed E-state index contributed by atoms with van der Waals surface area (Å²) in [5.41, 5.74) is 2.89. The number of hydrogen-bond donors (Lipinski definition) is 2. The molecule has 0 atom stereocenters. The molecule has 0 aliphatic rings. The van der Waals surface area contributed by atoms with Gasteiger partial charge in [-0.25, -0.2) is 0 Å². The molecular formula is C26H27N3O6. The molecule has 0 heterocycles. The first-order valence-corrected chi connectivity index (χ1v) is 10.8. The SMILES string of the molecule is COc1cc(CNCc2ccc(C=CC(=O)Nc3ccccc3[N+](=O)[O-])cc2)cc(OC)c1OC. The van der Waals surface area contributed by atoms with Gasteiger partial charge in [-0.2, -0.15) is 0 Å². The molecule has 3 rings (SSSR count). The fourth-order valence-electron chi connectivity index (χ4n) is 3.42. The number of carbonyl (C=O) groups excluding carboxylic acids is 1. The van der Waals surface area contributed by atoms with E-state index in [4.69, 9.17) is 14.2 Å². The highest BCUT2D eigenvalue weighted by atomic mass is 16.6. The molecular weight excluding hydrogens is 450 g/mol. The van der Waals surface area contributed by atoms with Crippen LogP contribution in [-0.2, 0) is 17.9 Å². The molecule has 9 nitrogen and oxygen atoms in total. The molecule has 3 aromatic carbocycles. The predicted octanol–water partition coefficient (Wildman–Crippen LogP) is 4.56. The Kier molecular flexibility index (Phi) is 8.80. The van der Waals surface area contributed by atoms with Crippen LogP contribution < -0.4 is 24.8 Å². The first kappa shape index (κ1) is 25.3. The molecule has 0 aliphatic carbocycles. The Morgan fingerprint density at radius 3 is 2.14 bits per heavy atom. The quantitative estimate of drug-likeness (QED) is 0.236. The molecule has 0 saturated carbocycles. The van der Waals surface area contributed by atoms with Crippen LogP contribution in [0, 0.1) is 10.1 Å².